The van der Waals surface area contributed by atoms with Gasteiger partial charge in [0.15, 0.2) is 0 Å². The number of hydrogen-bond donors (Lipinski definition) is 1. The Labute approximate surface area is 129 Å². The summed E-state index contributed by atoms with van der Waals surface area (Å²) in [4.78, 5) is 1.24. The van der Waals surface area contributed by atoms with Crippen LogP contribution in [-0.2, 0) is 7.05 Å². The van der Waals surface area contributed by atoms with Gasteiger partial charge in [-0.2, -0.15) is 5.10 Å². The van der Waals surface area contributed by atoms with Gasteiger partial charge < -0.3 is 5.73 Å². The summed E-state index contributed by atoms with van der Waals surface area (Å²) >= 11 is 1.80. The topological polar surface area (TPSA) is 43.8 Å². The van der Waals surface area contributed by atoms with E-state index in [1.54, 1.807) is 11.8 Å². The molecule has 0 amide bonds. The Kier molecular flexibility index (Phi) is 3.99. The number of thioether (sulfide) groups is 1. The van der Waals surface area contributed by atoms with Crippen LogP contribution in [0.5, 0.6) is 0 Å². The maximum Gasteiger partial charge on any atom is 0.0533 e. The fourth-order valence-electron chi connectivity index (χ4n) is 2.45. The molecular formula is C17H19N3S. The summed E-state index contributed by atoms with van der Waals surface area (Å²) in [5, 5.41) is 6.99. The molecule has 0 aliphatic heterocycles. The number of benzene rings is 2. The molecule has 2 unspecified atom stereocenters. The van der Waals surface area contributed by atoms with Gasteiger partial charge in [-0.25, -0.2) is 0 Å². The number of nitrogens with zero attached hydrogens (tertiary/aromatic N) is 2. The van der Waals surface area contributed by atoms with Gasteiger partial charge in [0, 0.05) is 29.7 Å². The van der Waals surface area contributed by atoms with Crippen LogP contribution in [0, 0.1) is 0 Å². The monoisotopic (exact) mass is 297 g/mol. The molecule has 2 aromatic carbocycles. The molecule has 0 saturated heterocycles. The predicted octanol–water partition coefficient (Wildman–Crippen LogP) is 3.75. The Morgan fingerprint density at radius 1 is 1.14 bits per heavy atom. The predicted molar refractivity (Wildman–Crippen MR) is 89.4 cm³/mol. The van der Waals surface area contributed by atoms with Crippen molar-refractivity contribution in [1.29, 1.82) is 0 Å². The lowest BCUT2D eigenvalue weighted by Gasteiger charge is -2.19. The highest BCUT2D eigenvalue weighted by Gasteiger charge is 2.19. The van der Waals surface area contributed by atoms with E-state index in [1.807, 2.05) is 31.0 Å². The second-order valence-electron chi connectivity index (χ2n) is 5.35. The Hall–Kier alpha value is -1.78. The average Bonchev–Trinajstić information content (AvgIpc) is 2.90. The smallest absolute Gasteiger partial charge is 0.0533 e. The van der Waals surface area contributed by atoms with E-state index in [-0.39, 0.29) is 11.3 Å². The molecule has 1 aromatic heterocycles. The van der Waals surface area contributed by atoms with Crippen molar-refractivity contribution in [3.05, 3.63) is 60.4 Å². The molecule has 3 rings (SSSR count). The fraction of sp³-hybridized carbons (Fsp3) is 0.235. The van der Waals surface area contributed by atoms with E-state index < -0.39 is 0 Å². The zero-order valence-corrected chi connectivity index (χ0v) is 13.0. The molecule has 1 heterocycles. The lowest BCUT2D eigenvalue weighted by molar-refractivity contribution is 0.718. The molecule has 108 valence electrons. The van der Waals surface area contributed by atoms with E-state index in [9.17, 15) is 0 Å². The maximum absolute atomic E-state index is 6.18. The minimum absolute atomic E-state index is 0.0608. The van der Waals surface area contributed by atoms with Crippen LogP contribution in [0.25, 0.3) is 10.8 Å². The zero-order valence-electron chi connectivity index (χ0n) is 12.2. The minimum Gasteiger partial charge on any atom is -0.327 e. The quantitative estimate of drug-likeness (QED) is 0.746. The first-order valence-corrected chi connectivity index (χ1v) is 7.91. The maximum atomic E-state index is 6.18. The zero-order chi connectivity index (χ0) is 14.8. The second-order valence-corrected chi connectivity index (χ2v) is 6.57. The van der Waals surface area contributed by atoms with E-state index >= 15 is 0 Å². The molecule has 3 aromatic rings. The Bertz CT molecular complexity index is 748. The van der Waals surface area contributed by atoms with Gasteiger partial charge in [0.05, 0.1) is 11.4 Å². The summed E-state index contributed by atoms with van der Waals surface area (Å²) in [6, 6.07) is 15.0. The van der Waals surface area contributed by atoms with Crippen LogP contribution in [0.15, 0.2) is 59.8 Å². The molecule has 0 fully saturated rings. The number of nitrogens with two attached hydrogens (primary N) is 1. The van der Waals surface area contributed by atoms with Crippen LogP contribution >= 0.6 is 11.8 Å². The van der Waals surface area contributed by atoms with E-state index in [0.29, 0.717) is 0 Å². The molecule has 0 aliphatic carbocycles. The SMILES string of the molecule is CC(N)C(Sc1ccc2ccccc2c1)c1cnn(C)c1. The highest BCUT2D eigenvalue weighted by Crippen LogP contribution is 2.37. The summed E-state index contributed by atoms with van der Waals surface area (Å²) in [6.07, 6.45) is 3.95. The molecule has 21 heavy (non-hydrogen) atoms. The standard InChI is InChI=1S/C17H19N3S/c1-12(18)17(15-10-19-20(2)11-15)21-16-8-7-13-5-3-4-6-14(13)9-16/h3-12,17H,18H2,1-2H3. The summed E-state index contributed by atoms with van der Waals surface area (Å²) in [6.45, 7) is 2.05. The number of hydrogen-bond acceptors (Lipinski definition) is 3. The number of rotatable bonds is 4. The third-order valence-corrected chi connectivity index (χ3v) is 5.00. The molecule has 0 radical (unpaired) electrons. The van der Waals surface area contributed by atoms with E-state index in [2.05, 4.69) is 47.6 Å². The lowest BCUT2D eigenvalue weighted by atomic mass is 10.1. The Morgan fingerprint density at radius 2 is 1.90 bits per heavy atom. The molecule has 2 atom stereocenters. The van der Waals surface area contributed by atoms with Crippen molar-refractivity contribution in [2.75, 3.05) is 0 Å². The molecule has 0 aliphatic rings. The summed E-state index contributed by atoms with van der Waals surface area (Å²) in [5.41, 5.74) is 7.35. The van der Waals surface area contributed by atoms with E-state index in [0.717, 1.165) is 0 Å². The third kappa shape index (κ3) is 3.12. The van der Waals surface area contributed by atoms with Crippen LogP contribution < -0.4 is 5.73 Å². The minimum atomic E-state index is 0.0608. The van der Waals surface area contributed by atoms with Gasteiger partial charge in [0.1, 0.15) is 0 Å². The van der Waals surface area contributed by atoms with Crippen LogP contribution in [0.1, 0.15) is 17.7 Å². The molecule has 4 heteroatoms. The van der Waals surface area contributed by atoms with Crippen LogP contribution in [-0.4, -0.2) is 15.8 Å². The van der Waals surface area contributed by atoms with Gasteiger partial charge in [-0.15, -0.1) is 11.8 Å². The van der Waals surface area contributed by atoms with E-state index in [1.165, 1.54) is 21.2 Å². The number of aryl methyl sites for hydroxylation is 1. The van der Waals surface area contributed by atoms with Crippen molar-refractivity contribution in [3.63, 3.8) is 0 Å². The average molecular weight is 297 g/mol. The third-order valence-electron chi connectivity index (χ3n) is 3.51. The number of aromatic nitrogens is 2. The van der Waals surface area contributed by atoms with Gasteiger partial charge in [0.2, 0.25) is 0 Å². The van der Waals surface area contributed by atoms with Gasteiger partial charge >= 0.3 is 0 Å². The molecule has 2 N–H and O–H groups in total. The summed E-state index contributed by atoms with van der Waals surface area (Å²) in [5.74, 6) is 0. The van der Waals surface area contributed by atoms with Gasteiger partial charge in [-0.3, -0.25) is 4.68 Å². The van der Waals surface area contributed by atoms with Crippen molar-refractivity contribution in [2.24, 2.45) is 12.8 Å². The first-order valence-electron chi connectivity index (χ1n) is 7.03. The Morgan fingerprint density at radius 3 is 2.57 bits per heavy atom. The van der Waals surface area contributed by atoms with Gasteiger partial charge in [-0.1, -0.05) is 30.3 Å². The molecule has 0 spiro atoms. The normalized spacial score (nSPS) is 14.2. The van der Waals surface area contributed by atoms with Crippen LogP contribution in [0.2, 0.25) is 0 Å². The summed E-state index contributed by atoms with van der Waals surface area (Å²) in [7, 11) is 1.93. The molecular weight excluding hydrogens is 278 g/mol. The van der Waals surface area contributed by atoms with Crippen molar-refractivity contribution in [2.45, 2.75) is 23.1 Å². The summed E-state index contributed by atoms with van der Waals surface area (Å²) < 4.78 is 1.83. The number of fused-ring (bicyclic) bond motifs is 1. The first-order chi connectivity index (χ1) is 10.1. The second kappa shape index (κ2) is 5.92. The molecule has 3 nitrogen and oxygen atoms in total. The Balaban J connectivity index is 1.90. The fourth-order valence-corrected chi connectivity index (χ4v) is 3.56. The molecule has 0 saturated carbocycles. The molecule has 0 bridgehead atoms. The van der Waals surface area contributed by atoms with Crippen molar-refractivity contribution in [1.82, 2.24) is 9.78 Å². The largest absolute Gasteiger partial charge is 0.327 e. The first kappa shape index (κ1) is 14.2. The van der Waals surface area contributed by atoms with Gasteiger partial charge in [0.25, 0.3) is 0 Å². The van der Waals surface area contributed by atoms with Crippen molar-refractivity contribution >= 4 is 22.5 Å². The van der Waals surface area contributed by atoms with Gasteiger partial charge in [-0.05, 0) is 29.8 Å². The van der Waals surface area contributed by atoms with Crippen molar-refractivity contribution < 1.29 is 0 Å². The highest BCUT2D eigenvalue weighted by molar-refractivity contribution is 7.99. The van der Waals surface area contributed by atoms with Crippen LogP contribution in [0.3, 0.4) is 0 Å². The highest BCUT2D eigenvalue weighted by atomic mass is 32.2. The van der Waals surface area contributed by atoms with Crippen LogP contribution in [0.4, 0.5) is 0 Å². The van der Waals surface area contributed by atoms with Crippen molar-refractivity contribution in [3.8, 4) is 0 Å². The lowest BCUT2D eigenvalue weighted by Crippen LogP contribution is -2.22. The van der Waals surface area contributed by atoms with E-state index in [4.69, 9.17) is 5.73 Å².